The van der Waals surface area contributed by atoms with Crippen molar-refractivity contribution < 1.29 is 46.1 Å². The van der Waals surface area contributed by atoms with Crippen molar-refractivity contribution in [2.45, 2.75) is 30.8 Å². The Morgan fingerprint density at radius 3 is 1.58 bits per heavy atom. The normalized spacial score (nSPS) is 13.0. The molecule has 0 N–H and O–H groups in total. The quantitative estimate of drug-likeness (QED) is 0.265. The van der Waals surface area contributed by atoms with Crippen molar-refractivity contribution in [3.63, 3.8) is 0 Å². The number of hydrogen-bond acceptors (Lipinski definition) is 0. The number of fused-ring (bicyclic) bond motifs is 3. The van der Waals surface area contributed by atoms with E-state index in [4.69, 9.17) is 0 Å². The Kier molecular flexibility index (Phi) is 9.68. The monoisotopic (exact) mass is 674 g/mol. The van der Waals surface area contributed by atoms with Gasteiger partial charge >= 0.3 is 253 Å². The minimum Gasteiger partial charge on any atom is -1.00 e. The maximum absolute atomic E-state index is 2.71. The van der Waals surface area contributed by atoms with Crippen LogP contribution >= 0.6 is 0 Å². The maximum atomic E-state index is 2.61. The van der Waals surface area contributed by atoms with Crippen LogP contribution in [0.25, 0.3) is 16.7 Å². The molecule has 0 atom stereocenters. The van der Waals surface area contributed by atoms with Crippen LogP contribution in [0.3, 0.4) is 0 Å². The molecule has 0 bridgehead atoms. The van der Waals surface area contributed by atoms with Gasteiger partial charge in [-0.1, -0.05) is 0 Å². The molecule has 5 aromatic rings. The number of benzene rings is 5. The molecule has 0 aliphatic heterocycles. The molecule has 2 aliphatic rings. The minimum absolute atomic E-state index is 0. The van der Waals surface area contributed by atoms with Crippen molar-refractivity contribution >= 4 is 8.78 Å². The van der Waals surface area contributed by atoms with Crippen LogP contribution in [-0.2, 0) is 21.3 Å². The average molecular weight is 677 g/mol. The summed E-state index contributed by atoms with van der Waals surface area (Å²) in [5, 5.41) is 0. The van der Waals surface area contributed by atoms with E-state index in [2.05, 4.69) is 154 Å². The number of halogens is 2. The van der Waals surface area contributed by atoms with Gasteiger partial charge in [0.15, 0.2) is 0 Å². The summed E-state index contributed by atoms with van der Waals surface area (Å²) >= 11 is -2.71. The van der Waals surface area contributed by atoms with E-state index in [9.17, 15) is 0 Å². The maximum Gasteiger partial charge on any atom is -1.00 e. The summed E-state index contributed by atoms with van der Waals surface area (Å²) in [6.45, 7) is 6.75. The van der Waals surface area contributed by atoms with Crippen LogP contribution in [0.15, 0.2) is 137 Å². The molecule has 3 heteroatoms. The van der Waals surface area contributed by atoms with E-state index in [1.54, 1.807) is 6.49 Å². The Morgan fingerprint density at radius 1 is 0.605 bits per heavy atom. The molecule has 5 aromatic carbocycles. The van der Waals surface area contributed by atoms with Gasteiger partial charge in [-0.2, -0.15) is 0 Å². The molecular formula is C40H34Cl2Zr. The van der Waals surface area contributed by atoms with Gasteiger partial charge in [0.25, 0.3) is 0 Å². The Bertz CT molecular complexity index is 1770. The zero-order chi connectivity index (χ0) is 27.9. The van der Waals surface area contributed by atoms with Gasteiger partial charge in [-0.15, -0.1) is 0 Å². The van der Waals surface area contributed by atoms with Crippen LogP contribution in [0.4, 0.5) is 0 Å². The molecule has 0 fully saturated rings. The second-order valence-electron chi connectivity index (χ2n) is 11.4. The zero-order valence-corrected chi connectivity index (χ0v) is 28.7. The predicted octanol–water partition coefficient (Wildman–Crippen LogP) is 3.95. The fourth-order valence-corrected chi connectivity index (χ4v) is 16.2. The Hall–Kier alpha value is -3.09. The number of allylic oxidation sites excluding steroid dienone is 4. The predicted molar refractivity (Wildman–Crippen MR) is 171 cm³/mol. The van der Waals surface area contributed by atoms with Gasteiger partial charge in [-0.3, -0.25) is 0 Å². The average Bonchev–Trinajstić information content (AvgIpc) is 3.60. The van der Waals surface area contributed by atoms with E-state index in [1.807, 2.05) is 0 Å². The molecule has 0 heterocycles. The second kappa shape index (κ2) is 13.3. The van der Waals surface area contributed by atoms with Crippen LogP contribution in [0.1, 0.15) is 54.6 Å². The topological polar surface area (TPSA) is 0 Å². The molecule has 0 saturated heterocycles. The first kappa shape index (κ1) is 31.3. The second-order valence-corrected chi connectivity index (χ2v) is 17.7. The largest absolute Gasteiger partial charge is 1.00 e. The van der Waals surface area contributed by atoms with Crippen molar-refractivity contribution in [1.82, 2.24) is 0 Å². The van der Waals surface area contributed by atoms with Gasteiger partial charge in [0, 0.05) is 0 Å². The van der Waals surface area contributed by atoms with E-state index in [0.29, 0.717) is 3.63 Å². The van der Waals surface area contributed by atoms with Crippen molar-refractivity contribution in [1.29, 1.82) is 0 Å². The van der Waals surface area contributed by atoms with Crippen molar-refractivity contribution in [3.8, 4) is 11.1 Å². The number of rotatable bonds is 5. The van der Waals surface area contributed by atoms with Crippen LogP contribution in [0, 0.1) is 20.8 Å². The summed E-state index contributed by atoms with van der Waals surface area (Å²) in [6, 6.07) is 45.6. The Morgan fingerprint density at radius 2 is 1.07 bits per heavy atom. The molecule has 0 saturated carbocycles. The SMILES string of the molecule is Cc1cc(C)c(C2=CC[C]([Zr+2](=[C](c3ccccc3)c3ccccc3)[CH]3c4ccccc4-c4ccccc43)=C2)c(C)c1.[Cl-].[Cl-]. The smallest absolute Gasteiger partial charge is 1.00 e. The van der Waals surface area contributed by atoms with E-state index >= 15 is 0 Å². The summed E-state index contributed by atoms with van der Waals surface area (Å²) in [5.74, 6) is 0. The molecular weight excluding hydrogens is 643 g/mol. The van der Waals surface area contributed by atoms with Gasteiger partial charge in [0.2, 0.25) is 0 Å². The van der Waals surface area contributed by atoms with E-state index in [1.165, 1.54) is 61.2 Å². The van der Waals surface area contributed by atoms with Crippen molar-refractivity contribution in [2.75, 3.05) is 0 Å². The van der Waals surface area contributed by atoms with Crippen LogP contribution < -0.4 is 24.8 Å². The van der Waals surface area contributed by atoms with Crippen LogP contribution in [-0.4, -0.2) is 3.21 Å². The van der Waals surface area contributed by atoms with Gasteiger partial charge in [-0.25, -0.2) is 0 Å². The Balaban J connectivity index is 0.00000184. The molecule has 2 aliphatic carbocycles. The third-order valence-corrected chi connectivity index (χ3v) is 16.9. The third kappa shape index (κ3) is 5.76. The van der Waals surface area contributed by atoms with E-state index in [0.717, 1.165) is 6.42 Å². The molecule has 7 rings (SSSR count). The van der Waals surface area contributed by atoms with Gasteiger partial charge in [0.1, 0.15) is 0 Å². The van der Waals surface area contributed by atoms with E-state index in [-0.39, 0.29) is 24.8 Å². The molecule has 0 spiro atoms. The molecule has 0 radical (unpaired) electrons. The first-order valence-corrected chi connectivity index (χ1v) is 18.5. The van der Waals surface area contributed by atoms with E-state index < -0.39 is 21.3 Å². The third-order valence-electron chi connectivity index (χ3n) is 8.70. The fourth-order valence-electron chi connectivity index (χ4n) is 7.17. The van der Waals surface area contributed by atoms with Gasteiger partial charge in [0.05, 0.1) is 0 Å². The summed E-state index contributed by atoms with van der Waals surface area (Å²) in [5.41, 5.74) is 15.6. The first-order valence-electron chi connectivity index (χ1n) is 14.6. The molecule has 0 unspecified atom stereocenters. The van der Waals surface area contributed by atoms with Gasteiger partial charge < -0.3 is 24.8 Å². The summed E-state index contributed by atoms with van der Waals surface area (Å²) in [6.07, 6.45) is 6.16. The number of aryl methyl sites for hydroxylation is 3. The van der Waals surface area contributed by atoms with Crippen LogP contribution in [0.5, 0.6) is 0 Å². The summed E-state index contributed by atoms with van der Waals surface area (Å²) in [7, 11) is 0. The van der Waals surface area contributed by atoms with Gasteiger partial charge in [-0.05, 0) is 0 Å². The molecule has 0 amide bonds. The van der Waals surface area contributed by atoms with Crippen molar-refractivity contribution in [2.24, 2.45) is 0 Å². The minimum atomic E-state index is -2.71. The summed E-state index contributed by atoms with van der Waals surface area (Å²) in [4.78, 5) is 0. The fraction of sp³-hybridized carbons (Fsp3) is 0.125. The molecule has 0 aromatic heterocycles. The first-order chi connectivity index (χ1) is 20.1. The van der Waals surface area contributed by atoms with Crippen LogP contribution in [0.2, 0.25) is 0 Å². The van der Waals surface area contributed by atoms with Crippen molar-refractivity contribution in [3.05, 3.63) is 181 Å². The Labute approximate surface area is 276 Å². The molecule has 212 valence electrons. The standard InChI is InChI=1S/C14H15.C13H9.C13H10.2ClH.Zr/c1-10-8-11(2)14(12(3)9-10)13-6-4-5-7-13;1-3-7-12-10(5-1)9-11-6-2-4-8-13(11)12;1-3-7-12(8-4-1)11-13-9-5-2-6-10-13;;;/h6-9H,4H2,1-3H3;1-9H;1-10H;2*1H;/q;;;;;+2/p-2. The molecule has 0 nitrogen and oxygen atoms in total. The zero-order valence-electron chi connectivity index (χ0n) is 24.7. The number of hydrogen-bond donors (Lipinski definition) is 0. The molecule has 43 heavy (non-hydrogen) atoms. The summed E-state index contributed by atoms with van der Waals surface area (Å²) < 4.78 is 3.71.